The summed E-state index contributed by atoms with van der Waals surface area (Å²) in [5.41, 5.74) is 1.26. The predicted molar refractivity (Wildman–Crippen MR) is 77.8 cm³/mol. The minimum atomic E-state index is -0.0644. The number of piperazine rings is 1. The maximum Gasteiger partial charge on any atom is 0.238 e. The normalized spacial score (nSPS) is 20.9. The average molecular weight is 332 g/mol. The first kappa shape index (κ1) is 14.0. The standard InChI is InChI=1S/C12H18BrN3OS/c1-2-15-12(17)11-5-14-3-4-16(11)6-9-7-18-8-10(9)13/h7-8,11,14H,2-6H2,1H3,(H,15,17). The van der Waals surface area contributed by atoms with Gasteiger partial charge in [0.2, 0.25) is 5.91 Å². The third-order valence-corrected chi connectivity index (χ3v) is 4.90. The molecule has 0 saturated carbocycles. The minimum Gasteiger partial charge on any atom is -0.355 e. The molecular weight excluding hydrogens is 314 g/mol. The maximum absolute atomic E-state index is 12.0. The van der Waals surface area contributed by atoms with Gasteiger partial charge in [-0.1, -0.05) is 0 Å². The van der Waals surface area contributed by atoms with Gasteiger partial charge in [-0.05, 0) is 33.8 Å². The van der Waals surface area contributed by atoms with Gasteiger partial charge in [0, 0.05) is 42.6 Å². The second-order valence-corrected chi connectivity index (χ2v) is 5.93. The summed E-state index contributed by atoms with van der Waals surface area (Å²) < 4.78 is 1.14. The monoisotopic (exact) mass is 331 g/mol. The van der Waals surface area contributed by atoms with E-state index in [1.807, 2.05) is 6.92 Å². The summed E-state index contributed by atoms with van der Waals surface area (Å²) in [5, 5.41) is 10.4. The Morgan fingerprint density at radius 1 is 1.67 bits per heavy atom. The van der Waals surface area contributed by atoms with Crippen LogP contribution in [0.5, 0.6) is 0 Å². The fourth-order valence-corrected chi connectivity index (χ4v) is 3.55. The van der Waals surface area contributed by atoms with Crippen molar-refractivity contribution in [1.29, 1.82) is 0 Å². The van der Waals surface area contributed by atoms with Crippen LogP contribution in [-0.2, 0) is 11.3 Å². The molecule has 1 aromatic rings. The molecule has 1 atom stereocenters. The van der Waals surface area contributed by atoms with Crippen molar-refractivity contribution >= 4 is 33.2 Å². The maximum atomic E-state index is 12.0. The van der Waals surface area contributed by atoms with E-state index in [4.69, 9.17) is 0 Å². The highest BCUT2D eigenvalue weighted by molar-refractivity contribution is 9.10. The highest BCUT2D eigenvalue weighted by atomic mass is 79.9. The van der Waals surface area contributed by atoms with Crippen molar-refractivity contribution in [3.63, 3.8) is 0 Å². The zero-order chi connectivity index (χ0) is 13.0. The Balaban J connectivity index is 2.04. The molecule has 6 heteroatoms. The first-order valence-electron chi connectivity index (χ1n) is 6.15. The molecule has 1 aliphatic rings. The van der Waals surface area contributed by atoms with Crippen LogP contribution >= 0.6 is 27.3 Å². The first-order valence-corrected chi connectivity index (χ1v) is 7.89. The number of amides is 1. The Morgan fingerprint density at radius 3 is 3.17 bits per heavy atom. The van der Waals surface area contributed by atoms with Gasteiger partial charge >= 0.3 is 0 Å². The number of carbonyl (C=O) groups excluding carboxylic acids is 1. The van der Waals surface area contributed by atoms with E-state index in [0.29, 0.717) is 6.54 Å². The van der Waals surface area contributed by atoms with E-state index in [2.05, 4.69) is 42.2 Å². The Kier molecular flexibility index (Phi) is 5.17. The van der Waals surface area contributed by atoms with Crippen LogP contribution in [0.1, 0.15) is 12.5 Å². The molecular formula is C12H18BrN3OS. The summed E-state index contributed by atoms with van der Waals surface area (Å²) in [6.45, 7) is 6.04. The zero-order valence-corrected chi connectivity index (χ0v) is 12.8. The number of nitrogens with one attached hydrogen (secondary N) is 2. The van der Waals surface area contributed by atoms with E-state index in [1.165, 1.54) is 5.56 Å². The molecule has 1 saturated heterocycles. The van der Waals surface area contributed by atoms with Gasteiger partial charge in [0.25, 0.3) is 0 Å². The molecule has 2 N–H and O–H groups in total. The van der Waals surface area contributed by atoms with Crippen LogP contribution in [0.2, 0.25) is 0 Å². The number of likely N-dealkylation sites (N-methyl/N-ethyl adjacent to an activating group) is 1. The largest absolute Gasteiger partial charge is 0.355 e. The van der Waals surface area contributed by atoms with E-state index in [-0.39, 0.29) is 11.9 Å². The molecule has 0 aromatic carbocycles. The van der Waals surface area contributed by atoms with E-state index in [1.54, 1.807) is 11.3 Å². The summed E-state index contributed by atoms with van der Waals surface area (Å²) in [7, 11) is 0. The summed E-state index contributed by atoms with van der Waals surface area (Å²) in [4.78, 5) is 14.3. The molecule has 100 valence electrons. The molecule has 1 fully saturated rings. The van der Waals surface area contributed by atoms with Crippen LogP contribution in [0.15, 0.2) is 15.2 Å². The number of carbonyl (C=O) groups is 1. The number of halogens is 1. The van der Waals surface area contributed by atoms with E-state index in [0.717, 1.165) is 30.7 Å². The SMILES string of the molecule is CCNC(=O)C1CNCCN1Cc1cscc1Br. The number of nitrogens with zero attached hydrogens (tertiary/aromatic N) is 1. The van der Waals surface area contributed by atoms with Gasteiger partial charge in [-0.15, -0.1) is 0 Å². The van der Waals surface area contributed by atoms with Gasteiger partial charge in [0.05, 0.1) is 0 Å². The number of rotatable bonds is 4. The Morgan fingerprint density at radius 2 is 2.50 bits per heavy atom. The lowest BCUT2D eigenvalue weighted by atomic mass is 10.1. The molecule has 1 amide bonds. The predicted octanol–water partition coefficient (Wildman–Crippen LogP) is 1.42. The minimum absolute atomic E-state index is 0.0644. The van der Waals surface area contributed by atoms with E-state index in [9.17, 15) is 4.79 Å². The molecule has 2 heterocycles. The molecule has 0 spiro atoms. The van der Waals surface area contributed by atoms with Crippen molar-refractivity contribution in [2.24, 2.45) is 0 Å². The second kappa shape index (κ2) is 6.65. The molecule has 0 radical (unpaired) electrons. The van der Waals surface area contributed by atoms with Gasteiger partial charge < -0.3 is 10.6 Å². The topological polar surface area (TPSA) is 44.4 Å². The van der Waals surface area contributed by atoms with Crippen LogP contribution in [-0.4, -0.2) is 43.0 Å². The summed E-state index contributed by atoms with van der Waals surface area (Å²) >= 11 is 5.23. The second-order valence-electron chi connectivity index (χ2n) is 4.33. The first-order chi connectivity index (χ1) is 8.72. The van der Waals surface area contributed by atoms with Crippen LogP contribution in [0.4, 0.5) is 0 Å². The number of hydrogen-bond donors (Lipinski definition) is 2. The zero-order valence-electron chi connectivity index (χ0n) is 10.4. The fraction of sp³-hybridized carbons (Fsp3) is 0.583. The van der Waals surface area contributed by atoms with Crippen molar-refractivity contribution in [3.05, 3.63) is 20.8 Å². The van der Waals surface area contributed by atoms with Crippen molar-refractivity contribution < 1.29 is 4.79 Å². The van der Waals surface area contributed by atoms with Gasteiger partial charge in [-0.3, -0.25) is 9.69 Å². The number of thiophene rings is 1. The molecule has 0 bridgehead atoms. The molecule has 1 aliphatic heterocycles. The fourth-order valence-electron chi connectivity index (χ4n) is 2.13. The average Bonchev–Trinajstić information content (AvgIpc) is 2.76. The third kappa shape index (κ3) is 3.32. The van der Waals surface area contributed by atoms with E-state index >= 15 is 0 Å². The lowest BCUT2D eigenvalue weighted by molar-refractivity contribution is -0.127. The van der Waals surface area contributed by atoms with Crippen LogP contribution < -0.4 is 10.6 Å². The smallest absolute Gasteiger partial charge is 0.238 e. The Hall–Kier alpha value is -0.430. The molecule has 1 unspecified atom stereocenters. The Labute approximate surface area is 120 Å². The lowest BCUT2D eigenvalue weighted by Gasteiger charge is -2.35. The molecule has 18 heavy (non-hydrogen) atoms. The highest BCUT2D eigenvalue weighted by Gasteiger charge is 2.28. The summed E-state index contributed by atoms with van der Waals surface area (Å²) in [6, 6.07) is -0.0644. The molecule has 4 nitrogen and oxygen atoms in total. The van der Waals surface area contributed by atoms with E-state index < -0.39 is 0 Å². The van der Waals surface area contributed by atoms with Crippen LogP contribution in [0, 0.1) is 0 Å². The van der Waals surface area contributed by atoms with Crippen LogP contribution in [0.3, 0.4) is 0 Å². The van der Waals surface area contributed by atoms with Crippen molar-refractivity contribution in [1.82, 2.24) is 15.5 Å². The van der Waals surface area contributed by atoms with Crippen molar-refractivity contribution in [3.8, 4) is 0 Å². The third-order valence-electron chi connectivity index (χ3n) is 3.07. The van der Waals surface area contributed by atoms with Gasteiger partial charge in [0.1, 0.15) is 6.04 Å². The quantitative estimate of drug-likeness (QED) is 0.877. The van der Waals surface area contributed by atoms with Gasteiger partial charge in [0.15, 0.2) is 0 Å². The summed E-state index contributed by atoms with van der Waals surface area (Å²) in [6.07, 6.45) is 0. The Bertz CT molecular complexity index is 410. The highest BCUT2D eigenvalue weighted by Crippen LogP contribution is 2.23. The summed E-state index contributed by atoms with van der Waals surface area (Å²) in [5.74, 6) is 0.121. The number of hydrogen-bond acceptors (Lipinski definition) is 4. The van der Waals surface area contributed by atoms with Crippen molar-refractivity contribution in [2.75, 3.05) is 26.2 Å². The van der Waals surface area contributed by atoms with Crippen molar-refractivity contribution in [2.45, 2.75) is 19.5 Å². The lowest BCUT2D eigenvalue weighted by Crippen LogP contribution is -2.57. The van der Waals surface area contributed by atoms with Crippen LogP contribution in [0.25, 0.3) is 0 Å². The molecule has 2 rings (SSSR count). The van der Waals surface area contributed by atoms with Gasteiger partial charge in [-0.25, -0.2) is 0 Å². The van der Waals surface area contributed by atoms with Gasteiger partial charge in [-0.2, -0.15) is 11.3 Å². The molecule has 1 aromatic heterocycles. The molecule has 0 aliphatic carbocycles.